The first-order valence-electron chi connectivity index (χ1n) is 9.07. The van der Waals surface area contributed by atoms with Crippen LogP contribution in [0.5, 0.6) is 0 Å². The third-order valence-corrected chi connectivity index (χ3v) is 5.94. The number of fused-ring (bicyclic) bond motifs is 2. The van der Waals surface area contributed by atoms with Crippen molar-refractivity contribution in [2.45, 2.75) is 31.3 Å². The van der Waals surface area contributed by atoms with Crippen LogP contribution in [0.1, 0.15) is 36.2 Å². The second kappa shape index (κ2) is 5.96. The molecule has 0 unspecified atom stereocenters. The first-order chi connectivity index (χ1) is 13.5. The molecule has 0 radical (unpaired) electrons. The van der Waals surface area contributed by atoms with Gasteiger partial charge in [-0.1, -0.05) is 11.6 Å². The van der Waals surface area contributed by atoms with Crippen LogP contribution in [0.4, 0.5) is 11.5 Å². The zero-order chi connectivity index (χ0) is 19.5. The highest BCUT2D eigenvalue weighted by Crippen LogP contribution is 2.35. The minimum Gasteiger partial charge on any atom is -0.346 e. The Morgan fingerprint density at radius 3 is 2.82 bits per heavy atom. The topological polar surface area (TPSA) is 108 Å². The number of nitrogens with one attached hydrogen (secondary N) is 3. The number of carbonyl (C=O) groups excluding carboxylic acids is 1. The van der Waals surface area contributed by atoms with Gasteiger partial charge in [0.05, 0.1) is 10.4 Å². The monoisotopic (exact) mass is 399 g/mol. The number of aromatic amines is 1. The van der Waals surface area contributed by atoms with Gasteiger partial charge in [-0.15, -0.1) is 0 Å². The summed E-state index contributed by atoms with van der Waals surface area (Å²) in [5.41, 5.74) is 0.128. The summed E-state index contributed by atoms with van der Waals surface area (Å²) < 4.78 is 1.38. The van der Waals surface area contributed by atoms with E-state index in [1.54, 1.807) is 6.20 Å². The molecule has 9 nitrogen and oxygen atoms in total. The number of anilines is 2. The minimum atomic E-state index is -0.557. The molecule has 1 aliphatic heterocycles. The third-order valence-electron chi connectivity index (χ3n) is 5.65. The second-order valence-electron chi connectivity index (χ2n) is 7.18. The van der Waals surface area contributed by atoms with E-state index >= 15 is 0 Å². The zero-order valence-electron chi connectivity index (χ0n) is 15.1. The molecule has 28 heavy (non-hydrogen) atoms. The van der Waals surface area contributed by atoms with Crippen molar-refractivity contribution in [3.8, 4) is 0 Å². The molecule has 1 saturated carbocycles. The molecule has 0 bridgehead atoms. The van der Waals surface area contributed by atoms with E-state index in [0.29, 0.717) is 11.5 Å². The Hall–Kier alpha value is -3.07. The van der Waals surface area contributed by atoms with E-state index in [-0.39, 0.29) is 27.9 Å². The predicted molar refractivity (Wildman–Crippen MR) is 106 cm³/mol. The van der Waals surface area contributed by atoms with Gasteiger partial charge in [-0.3, -0.25) is 14.6 Å². The molecule has 1 fully saturated rings. The SMILES string of the molecule is CN1n2c(c(Cl)cc(Nc3ncnc4[nH]ccc34)c2=O)C(=O)NC12CCCC2. The highest BCUT2D eigenvalue weighted by Gasteiger charge is 2.45. The molecule has 0 aromatic carbocycles. The molecular formula is C18H18ClN7O2. The Morgan fingerprint density at radius 1 is 1.25 bits per heavy atom. The van der Waals surface area contributed by atoms with E-state index in [4.69, 9.17) is 11.6 Å². The summed E-state index contributed by atoms with van der Waals surface area (Å²) in [6.45, 7) is 0. The van der Waals surface area contributed by atoms with Gasteiger partial charge < -0.3 is 15.6 Å². The third kappa shape index (κ3) is 2.32. The fraction of sp³-hybridized carbons (Fsp3) is 0.333. The second-order valence-corrected chi connectivity index (χ2v) is 7.58. The molecule has 1 aliphatic carbocycles. The Kier molecular flexibility index (Phi) is 3.63. The molecular weight excluding hydrogens is 382 g/mol. The fourth-order valence-corrected chi connectivity index (χ4v) is 4.48. The van der Waals surface area contributed by atoms with Crippen LogP contribution in [0.15, 0.2) is 29.5 Å². The summed E-state index contributed by atoms with van der Waals surface area (Å²) in [7, 11) is 1.81. The molecule has 0 saturated heterocycles. The lowest BCUT2D eigenvalue weighted by Crippen LogP contribution is -2.68. The van der Waals surface area contributed by atoms with E-state index in [1.807, 2.05) is 18.1 Å². The lowest BCUT2D eigenvalue weighted by atomic mass is 10.1. The van der Waals surface area contributed by atoms with E-state index in [9.17, 15) is 9.59 Å². The standard InChI is InChI=1S/C18H18ClN7O2/c1-25-18(5-2-3-6-18)24-16(27)13-11(19)8-12(17(28)26(13)25)23-15-10-4-7-20-14(10)21-9-22-15/h4,7-9H,2-3,5-6H2,1H3,(H,24,27)(H2,20,21,22,23). The maximum absolute atomic E-state index is 13.3. The average Bonchev–Trinajstić information content (AvgIpc) is 3.33. The number of nitrogens with zero attached hydrogens (tertiary/aromatic N) is 4. The summed E-state index contributed by atoms with van der Waals surface area (Å²) in [6, 6.07) is 3.29. The lowest BCUT2D eigenvalue weighted by Gasteiger charge is -2.45. The van der Waals surface area contributed by atoms with Crippen LogP contribution >= 0.6 is 11.6 Å². The number of pyridine rings is 1. The van der Waals surface area contributed by atoms with E-state index in [2.05, 4.69) is 25.6 Å². The van der Waals surface area contributed by atoms with Gasteiger partial charge in [-0.25, -0.2) is 14.6 Å². The molecule has 4 heterocycles. The van der Waals surface area contributed by atoms with E-state index < -0.39 is 5.66 Å². The normalized spacial score (nSPS) is 17.8. The number of rotatable bonds is 2. The molecule has 1 spiro atoms. The van der Waals surface area contributed by atoms with E-state index in [0.717, 1.165) is 31.1 Å². The average molecular weight is 400 g/mol. The zero-order valence-corrected chi connectivity index (χ0v) is 15.9. The van der Waals surface area contributed by atoms with Gasteiger partial charge in [0.1, 0.15) is 34.8 Å². The molecule has 1 amide bonds. The molecule has 5 rings (SSSR count). The van der Waals surface area contributed by atoms with Gasteiger partial charge in [0.25, 0.3) is 11.5 Å². The van der Waals surface area contributed by atoms with Crippen molar-refractivity contribution < 1.29 is 4.79 Å². The number of H-pyrrole nitrogens is 1. The van der Waals surface area contributed by atoms with Crippen molar-refractivity contribution in [2.75, 3.05) is 17.4 Å². The molecule has 2 aliphatic rings. The van der Waals surface area contributed by atoms with Gasteiger partial charge in [0.2, 0.25) is 0 Å². The van der Waals surface area contributed by atoms with Gasteiger partial charge >= 0.3 is 0 Å². The highest BCUT2D eigenvalue weighted by atomic mass is 35.5. The Bertz CT molecular complexity index is 1160. The van der Waals surface area contributed by atoms with Crippen molar-refractivity contribution in [1.29, 1.82) is 0 Å². The Labute approximate surface area is 164 Å². The maximum atomic E-state index is 13.3. The van der Waals surface area contributed by atoms with Crippen LogP contribution in [0.2, 0.25) is 5.02 Å². The van der Waals surface area contributed by atoms with Gasteiger partial charge in [-0.2, -0.15) is 0 Å². The van der Waals surface area contributed by atoms with Crippen molar-refractivity contribution in [1.82, 2.24) is 24.9 Å². The largest absolute Gasteiger partial charge is 0.346 e. The first-order valence-corrected chi connectivity index (χ1v) is 9.45. The molecule has 144 valence electrons. The van der Waals surface area contributed by atoms with E-state index in [1.165, 1.54) is 17.1 Å². The van der Waals surface area contributed by atoms with Crippen LogP contribution in [0.3, 0.4) is 0 Å². The minimum absolute atomic E-state index is 0.145. The van der Waals surface area contributed by atoms with Crippen LogP contribution in [0.25, 0.3) is 11.0 Å². The number of halogens is 1. The summed E-state index contributed by atoms with van der Waals surface area (Å²) in [4.78, 5) is 37.4. The number of hydrogen-bond donors (Lipinski definition) is 3. The van der Waals surface area contributed by atoms with Gasteiger partial charge in [0, 0.05) is 13.2 Å². The number of hydrogen-bond acceptors (Lipinski definition) is 6. The Balaban J connectivity index is 1.65. The maximum Gasteiger partial charge on any atom is 0.293 e. The molecule has 3 aromatic rings. The van der Waals surface area contributed by atoms with Crippen LogP contribution in [-0.4, -0.2) is 38.2 Å². The van der Waals surface area contributed by atoms with Crippen LogP contribution < -0.4 is 21.2 Å². The fourth-order valence-electron chi connectivity index (χ4n) is 4.20. The summed E-state index contributed by atoms with van der Waals surface area (Å²) in [5.74, 6) is 0.155. The molecule has 0 atom stereocenters. The van der Waals surface area contributed by atoms with Gasteiger partial charge in [0.15, 0.2) is 0 Å². The number of amides is 1. The number of carbonyl (C=O) groups is 1. The molecule has 10 heteroatoms. The first kappa shape index (κ1) is 17.1. The lowest BCUT2D eigenvalue weighted by molar-refractivity contribution is 0.0830. The summed E-state index contributed by atoms with van der Waals surface area (Å²) >= 11 is 6.41. The van der Waals surface area contributed by atoms with Crippen molar-refractivity contribution in [2.24, 2.45) is 0 Å². The Morgan fingerprint density at radius 2 is 2.04 bits per heavy atom. The molecule has 3 N–H and O–H groups in total. The highest BCUT2D eigenvalue weighted by molar-refractivity contribution is 6.34. The summed E-state index contributed by atoms with van der Waals surface area (Å²) in [5, 5.41) is 8.86. The van der Waals surface area contributed by atoms with Crippen LogP contribution in [-0.2, 0) is 0 Å². The van der Waals surface area contributed by atoms with Crippen LogP contribution in [0, 0.1) is 0 Å². The van der Waals surface area contributed by atoms with Crippen molar-refractivity contribution in [3.05, 3.63) is 45.7 Å². The predicted octanol–water partition coefficient (Wildman–Crippen LogP) is 2.10. The summed E-state index contributed by atoms with van der Waals surface area (Å²) in [6.07, 6.45) is 6.71. The smallest absolute Gasteiger partial charge is 0.293 e. The quantitative estimate of drug-likeness (QED) is 0.609. The number of aromatic nitrogens is 4. The van der Waals surface area contributed by atoms with Crippen molar-refractivity contribution >= 4 is 40.0 Å². The van der Waals surface area contributed by atoms with Gasteiger partial charge in [-0.05, 0) is 37.8 Å². The molecule has 3 aromatic heterocycles. The van der Waals surface area contributed by atoms with Crippen molar-refractivity contribution in [3.63, 3.8) is 0 Å².